The molecule has 1 heterocycles. The molecule has 6 heteroatoms. The lowest BCUT2D eigenvalue weighted by Gasteiger charge is -2.18. The lowest BCUT2D eigenvalue weighted by molar-refractivity contribution is -0.140. The zero-order valence-corrected chi connectivity index (χ0v) is 12.3. The molecule has 0 saturated heterocycles. The van der Waals surface area contributed by atoms with Crippen molar-refractivity contribution in [2.45, 2.75) is 6.61 Å². The molecule has 118 valence electrons. The maximum absolute atomic E-state index is 11.9. The van der Waals surface area contributed by atoms with Gasteiger partial charge in [0, 0.05) is 0 Å². The number of benzene rings is 1. The molecule has 22 heavy (non-hydrogen) atoms. The fourth-order valence-corrected chi connectivity index (χ4v) is 1.80. The van der Waals surface area contributed by atoms with Crippen molar-refractivity contribution >= 4 is 5.97 Å². The summed E-state index contributed by atoms with van der Waals surface area (Å²) in [6, 6.07) is 9.51. The van der Waals surface area contributed by atoms with E-state index in [0.29, 0.717) is 0 Å². The van der Waals surface area contributed by atoms with Crippen LogP contribution in [0.4, 0.5) is 0 Å². The summed E-state index contributed by atoms with van der Waals surface area (Å²) in [4.78, 5) is 11.9. The third kappa shape index (κ3) is 4.34. The predicted octanol–water partition coefficient (Wildman–Crippen LogP) is 1.51. The number of carbonyl (C=O) groups excluding carboxylic acids is 1. The molecule has 0 fully saturated rings. The molecule has 0 spiro atoms. The van der Waals surface area contributed by atoms with E-state index in [1.54, 1.807) is 6.08 Å². The van der Waals surface area contributed by atoms with Gasteiger partial charge in [0.05, 0.1) is 13.7 Å². The van der Waals surface area contributed by atoms with Crippen molar-refractivity contribution < 1.29 is 28.8 Å². The Morgan fingerprint density at radius 1 is 1.32 bits per heavy atom. The quantitative estimate of drug-likeness (QED) is 0.831. The van der Waals surface area contributed by atoms with Crippen molar-refractivity contribution in [3.63, 3.8) is 0 Å². The second kappa shape index (κ2) is 8.21. The monoisotopic (exact) mass is 306 g/mol. The first kappa shape index (κ1) is 16.1. The minimum absolute atomic E-state index is 0.0759. The number of hydrogen-bond donors (Lipinski definition) is 1. The van der Waals surface area contributed by atoms with Crippen LogP contribution in [0, 0.1) is 0 Å². The van der Waals surface area contributed by atoms with E-state index >= 15 is 0 Å². The highest BCUT2D eigenvalue weighted by atomic mass is 16.6. The van der Waals surface area contributed by atoms with Gasteiger partial charge in [0.2, 0.25) is 0 Å². The van der Waals surface area contributed by atoms with Crippen LogP contribution in [0.3, 0.4) is 0 Å². The smallest absolute Gasteiger partial charge is 0.377 e. The van der Waals surface area contributed by atoms with E-state index in [4.69, 9.17) is 18.9 Å². The van der Waals surface area contributed by atoms with Crippen LogP contribution in [-0.4, -0.2) is 38.0 Å². The summed E-state index contributed by atoms with van der Waals surface area (Å²) in [6.45, 7) is 0.242. The number of rotatable bonds is 5. The fraction of sp³-hybridized carbons (Fsp3) is 0.312. The highest BCUT2D eigenvalue weighted by Gasteiger charge is 2.23. The number of hydrogen-bond acceptors (Lipinski definition) is 6. The van der Waals surface area contributed by atoms with E-state index in [9.17, 15) is 9.90 Å². The minimum Gasteiger partial charge on any atom is -0.487 e. The number of aliphatic hydroxyl groups excluding tert-OH is 1. The van der Waals surface area contributed by atoms with Gasteiger partial charge in [0.1, 0.15) is 25.6 Å². The second-order valence-electron chi connectivity index (χ2n) is 4.46. The molecule has 1 aromatic carbocycles. The molecule has 2 rings (SSSR count). The Morgan fingerprint density at radius 2 is 2.09 bits per heavy atom. The number of aliphatic hydroxyl groups is 1. The lowest BCUT2D eigenvalue weighted by atomic mass is 10.2. The van der Waals surface area contributed by atoms with Crippen LogP contribution >= 0.6 is 0 Å². The first-order valence-corrected chi connectivity index (χ1v) is 6.78. The number of esters is 1. The van der Waals surface area contributed by atoms with Crippen LogP contribution < -0.4 is 0 Å². The Labute approximate surface area is 128 Å². The van der Waals surface area contributed by atoms with Crippen LogP contribution in [0.1, 0.15) is 5.56 Å². The van der Waals surface area contributed by atoms with Crippen LogP contribution in [0.5, 0.6) is 0 Å². The molecule has 0 amide bonds. The molecule has 0 unspecified atom stereocenters. The summed E-state index contributed by atoms with van der Waals surface area (Å²) in [5, 5.41) is 9.21. The molecule has 1 aromatic rings. The Bertz CT molecular complexity index is 561. The van der Waals surface area contributed by atoms with Crippen molar-refractivity contribution in [2.24, 2.45) is 0 Å². The summed E-state index contributed by atoms with van der Waals surface area (Å²) in [5.41, 5.74) is 0.944. The molecule has 0 saturated carbocycles. The van der Waals surface area contributed by atoms with E-state index in [2.05, 4.69) is 0 Å². The second-order valence-corrected chi connectivity index (χ2v) is 4.46. The van der Waals surface area contributed by atoms with Crippen molar-refractivity contribution in [2.75, 3.05) is 26.9 Å². The molecule has 1 N–H and O–H groups in total. The highest BCUT2D eigenvalue weighted by Crippen LogP contribution is 2.18. The standard InChI is InChI=1S/C16H18O6/c1-19-16(18)15-14(11-20-8-7-13(9-17)22-15)21-10-12-5-3-2-4-6-12/h2-7,17H,8-11H2,1H3/b13-7-,15-14+. The number of methoxy groups -OCH3 is 1. The Morgan fingerprint density at radius 3 is 2.77 bits per heavy atom. The van der Waals surface area contributed by atoms with Gasteiger partial charge in [0.15, 0.2) is 5.76 Å². The van der Waals surface area contributed by atoms with E-state index in [-0.39, 0.29) is 43.7 Å². The van der Waals surface area contributed by atoms with Gasteiger partial charge < -0.3 is 24.1 Å². The molecule has 6 nitrogen and oxygen atoms in total. The maximum Gasteiger partial charge on any atom is 0.377 e. The number of ether oxygens (including phenoxy) is 4. The summed E-state index contributed by atoms with van der Waals surface area (Å²) in [7, 11) is 1.25. The fourth-order valence-electron chi connectivity index (χ4n) is 1.80. The maximum atomic E-state index is 11.9. The van der Waals surface area contributed by atoms with Gasteiger partial charge in [-0.25, -0.2) is 4.79 Å². The summed E-state index contributed by atoms with van der Waals surface area (Å²) in [6.07, 6.45) is 1.55. The SMILES string of the molecule is COC(=O)/C1=C(\OCc2ccccc2)COC/C=C(/CO)O1. The van der Waals surface area contributed by atoms with Gasteiger partial charge in [-0.1, -0.05) is 30.3 Å². The van der Waals surface area contributed by atoms with Crippen molar-refractivity contribution in [1.82, 2.24) is 0 Å². The van der Waals surface area contributed by atoms with Crippen LogP contribution in [0.15, 0.2) is 53.7 Å². The molecule has 0 aliphatic carbocycles. The average Bonchev–Trinajstić information content (AvgIpc) is 2.55. The Kier molecular flexibility index (Phi) is 6.00. The first-order chi connectivity index (χ1) is 10.7. The molecule has 0 bridgehead atoms. The molecular formula is C16H18O6. The van der Waals surface area contributed by atoms with Crippen molar-refractivity contribution in [3.8, 4) is 0 Å². The largest absolute Gasteiger partial charge is 0.487 e. The summed E-state index contributed by atoms with van der Waals surface area (Å²) < 4.78 is 21.1. The molecular weight excluding hydrogens is 288 g/mol. The van der Waals surface area contributed by atoms with E-state index < -0.39 is 5.97 Å². The van der Waals surface area contributed by atoms with Crippen LogP contribution in [0.25, 0.3) is 0 Å². The molecule has 1 aliphatic rings. The number of carbonyl (C=O) groups is 1. The normalized spacial score (nSPS) is 20.9. The van der Waals surface area contributed by atoms with E-state index in [1.807, 2.05) is 30.3 Å². The summed E-state index contributed by atoms with van der Waals surface area (Å²) >= 11 is 0. The Hall–Kier alpha value is -2.31. The van der Waals surface area contributed by atoms with Gasteiger partial charge in [-0.05, 0) is 11.6 Å². The summed E-state index contributed by atoms with van der Waals surface area (Å²) in [5.74, 6) is -0.359. The average molecular weight is 306 g/mol. The van der Waals surface area contributed by atoms with Gasteiger partial charge in [-0.15, -0.1) is 0 Å². The molecule has 0 aromatic heterocycles. The highest BCUT2D eigenvalue weighted by molar-refractivity contribution is 5.87. The van der Waals surface area contributed by atoms with Crippen molar-refractivity contribution in [3.05, 3.63) is 59.2 Å². The lowest BCUT2D eigenvalue weighted by Crippen LogP contribution is -2.19. The van der Waals surface area contributed by atoms with Gasteiger partial charge in [-0.2, -0.15) is 0 Å². The van der Waals surface area contributed by atoms with Crippen molar-refractivity contribution in [1.29, 1.82) is 0 Å². The zero-order chi connectivity index (χ0) is 15.8. The molecule has 0 atom stereocenters. The first-order valence-electron chi connectivity index (χ1n) is 6.78. The van der Waals surface area contributed by atoms with Crippen LogP contribution in [0.2, 0.25) is 0 Å². The van der Waals surface area contributed by atoms with E-state index in [1.165, 1.54) is 7.11 Å². The van der Waals surface area contributed by atoms with Gasteiger partial charge >= 0.3 is 5.97 Å². The van der Waals surface area contributed by atoms with Gasteiger partial charge in [-0.3, -0.25) is 0 Å². The zero-order valence-electron chi connectivity index (χ0n) is 12.3. The Balaban J connectivity index is 2.20. The topological polar surface area (TPSA) is 74.2 Å². The molecule has 1 aliphatic heterocycles. The van der Waals surface area contributed by atoms with E-state index in [0.717, 1.165) is 5.56 Å². The predicted molar refractivity (Wildman–Crippen MR) is 77.3 cm³/mol. The van der Waals surface area contributed by atoms with Crippen LogP contribution in [-0.2, 0) is 30.3 Å². The minimum atomic E-state index is -0.687. The molecule has 0 radical (unpaired) electrons. The third-order valence-corrected chi connectivity index (χ3v) is 2.93. The third-order valence-electron chi connectivity index (χ3n) is 2.93. The van der Waals surface area contributed by atoms with Gasteiger partial charge in [0.25, 0.3) is 5.76 Å².